The smallest absolute Gasteiger partial charge is 0.298 e. The molecule has 0 atom stereocenters. The van der Waals surface area contributed by atoms with E-state index in [0.29, 0.717) is 16.3 Å². The number of hydrogen-bond donors (Lipinski definition) is 0. The lowest BCUT2D eigenvalue weighted by molar-refractivity contribution is -0.113. The van der Waals surface area contributed by atoms with Gasteiger partial charge in [-0.15, -0.1) is 0 Å². The predicted molar refractivity (Wildman–Crippen MR) is 95.6 cm³/mol. The van der Waals surface area contributed by atoms with Crippen molar-refractivity contribution >= 4 is 50.6 Å². The maximum atomic E-state index is 12.5. The van der Waals surface area contributed by atoms with Gasteiger partial charge in [-0.1, -0.05) is 24.3 Å². The molecule has 6 heteroatoms. The molecule has 2 aromatic rings. The van der Waals surface area contributed by atoms with Gasteiger partial charge in [0.25, 0.3) is 11.1 Å². The number of carbonyl (C=O) groups excluding carboxylic acids is 2. The quantitative estimate of drug-likeness (QED) is 0.713. The lowest BCUT2D eigenvalue weighted by atomic mass is 10.2. The Morgan fingerprint density at radius 3 is 2.52 bits per heavy atom. The highest BCUT2D eigenvalue weighted by Crippen LogP contribution is 2.36. The minimum Gasteiger partial charge on any atom is -0.496 e. The van der Waals surface area contributed by atoms with Gasteiger partial charge in [-0.05, 0) is 63.6 Å². The Bertz CT molecular complexity index is 805. The number of anilines is 1. The Balaban J connectivity index is 1.91. The van der Waals surface area contributed by atoms with Crippen LogP contribution in [0.4, 0.5) is 10.5 Å². The Labute approximate surface area is 146 Å². The minimum absolute atomic E-state index is 0.292. The third-order valence-electron chi connectivity index (χ3n) is 3.28. The molecule has 0 N–H and O–H groups in total. The van der Waals surface area contributed by atoms with Crippen LogP contribution in [0.15, 0.2) is 57.9 Å². The number of rotatable bonds is 3. The highest BCUT2D eigenvalue weighted by molar-refractivity contribution is 9.10. The predicted octanol–water partition coefficient (Wildman–Crippen LogP) is 4.70. The molecule has 0 spiro atoms. The fraction of sp³-hybridized carbons (Fsp3) is 0.0588. The molecule has 2 aromatic carbocycles. The molecule has 1 aliphatic rings. The third kappa shape index (κ3) is 3.18. The van der Waals surface area contributed by atoms with Crippen molar-refractivity contribution in [3.05, 3.63) is 63.5 Å². The van der Waals surface area contributed by atoms with Crippen molar-refractivity contribution in [3.63, 3.8) is 0 Å². The summed E-state index contributed by atoms with van der Waals surface area (Å²) in [7, 11) is 1.59. The molecule has 3 rings (SSSR count). The normalized spacial score (nSPS) is 16.3. The van der Waals surface area contributed by atoms with Gasteiger partial charge in [-0.2, -0.15) is 0 Å². The largest absolute Gasteiger partial charge is 0.496 e. The van der Waals surface area contributed by atoms with Gasteiger partial charge in [-0.25, -0.2) is 4.90 Å². The minimum atomic E-state index is -0.307. The lowest BCUT2D eigenvalue weighted by Gasteiger charge is -2.11. The van der Waals surface area contributed by atoms with Crippen molar-refractivity contribution in [2.45, 2.75) is 0 Å². The van der Waals surface area contributed by atoms with Crippen LogP contribution in [0.2, 0.25) is 0 Å². The molecule has 116 valence electrons. The lowest BCUT2D eigenvalue weighted by Crippen LogP contribution is -2.27. The van der Waals surface area contributed by atoms with E-state index in [-0.39, 0.29) is 11.1 Å². The molecular formula is C17H12BrNO3S. The summed E-state index contributed by atoms with van der Waals surface area (Å²) in [6, 6.07) is 14.4. The molecule has 1 aliphatic heterocycles. The monoisotopic (exact) mass is 389 g/mol. The number of carbonyl (C=O) groups is 2. The number of halogens is 1. The first kappa shape index (κ1) is 15.8. The first-order chi connectivity index (χ1) is 11.1. The second kappa shape index (κ2) is 6.60. The van der Waals surface area contributed by atoms with E-state index >= 15 is 0 Å². The third-order valence-corrected chi connectivity index (χ3v) is 4.77. The molecule has 0 radical (unpaired) electrons. The SMILES string of the molecule is COc1ccc(/C=C2\SC(=O)N(c3ccccc3)C2=O)cc1Br. The van der Waals surface area contributed by atoms with E-state index in [2.05, 4.69) is 15.9 Å². The van der Waals surface area contributed by atoms with E-state index < -0.39 is 0 Å². The van der Waals surface area contributed by atoms with Crippen LogP contribution in [-0.4, -0.2) is 18.3 Å². The standard InChI is InChI=1S/C17H12BrNO3S/c1-22-14-8-7-11(9-13(14)18)10-15-16(20)19(17(21)23-15)12-5-3-2-4-6-12/h2-10H,1H3/b15-10-. The summed E-state index contributed by atoms with van der Waals surface area (Å²) >= 11 is 4.35. The molecule has 1 heterocycles. The first-order valence-corrected chi connectivity index (χ1v) is 8.37. The Morgan fingerprint density at radius 2 is 1.87 bits per heavy atom. The van der Waals surface area contributed by atoms with Crippen LogP contribution >= 0.6 is 27.7 Å². The molecule has 0 aromatic heterocycles. The number of nitrogens with zero attached hydrogens (tertiary/aromatic N) is 1. The zero-order valence-electron chi connectivity index (χ0n) is 12.2. The number of imide groups is 1. The summed E-state index contributed by atoms with van der Waals surface area (Å²) in [4.78, 5) is 26.2. The van der Waals surface area contributed by atoms with Gasteiger partial charge >= 0.3 is 0 Å². The summed E-state index contributed by atoms with van der Waals surface area (Å²) in [5.41, 5.74) is 1.39. The highest BCUT2D eigenvalue weighted by Gasteiger charge is 2.36. The maximum absolute atomic E-state index is 12.5. The number of hydrogen-bond acceptors (Lipinski definition) is 4. The van der Waals surface area contributed by atoms with Gasteiger partial charge in [0, 0.05) is 0 Å². The van der Waals surface area contributed by atoms with Crippen LogP contribution in [0.3, 0.4) is 0 Å². The summed E-state index contributed by atoms with van der Waals surface area (Å²) in [5.74, 6) is 0.401. The fourth-order valence-corrected chi connectivity index (χ4v) is 3.59. The Hall–Kier alpha value is -2.05. The Kier molecular flexibility index (Phi) is 4.54. The Morgan fingerprint density at radius 1 is 1.13 bits per heavy atom. The van der Waals surface area contributed by atoms with Crippen LogP contribution in [-0.2, 0) is 4.79 Å². The van der Waals surface area contributed by atoms with Crippen molar-refractivity contribution in [1.82, 2.24) is 0 Å². The van der Waals surface area contributed by atoms with Crippen molar-refractivity contribution in [1.29, 1.82) is 0 Å². The molecule has 0 bridgehead atoms. The van der Waals surface area contributed by atoms with Crippen LogP contribution in [0.1, 0.15) is 5.56 Å². The molecule has 1 fully saturated rings. The molecule has 0 aliphatic carbocycles. The van der Waals surface area contributed by atoms with Crippen molar-refractivity contribution in [2.75, 3.05) is 12.0 Å². The van der Waals surface area contributed by atoms with Gasteiger partial charge < -0.3 is 4.74 Å². The van der Waals surface area contributed by atoms with Crippen LogP contribution in [0, 0.1) is 0 Å². The van der Waals surface area contributed by atoms with Crippen molar-refractivity contribution in [3.8, 4) is 5.75 Å². The topological polar surface area (TPSA) is 46.6 Å². The molecule has 4 nitrogen and oxygen atoms in total. The second-order valence-corrected chi connectivity index (χ2v) is 6.59. The fourth-order valence-electron chi connectivity index (χ4n) is 2.19. The van der Waals surface area contributed by atoms with E-state index in [9.17, 15) is 9.59 Å². The number of amides is 2. The van der Waals surface area contributed by atoms with E-state index in [1.165, 1.54) is 4.90 Å². The first-order valence-electron chi connectivity index (χ1n) is 6.76. The maximum Gasteiger partial charge on any atom is 0.298 e. The number of benzene rings is 2. The van der Waals surface area contributed by atoms with Crippen molar-refractivity contribution in [2.24, 2.45) is 0 Å². The summed E-state index contributed by atoms with van der Waals surface area (Å²) in [6.07, 6.45) is 1.71. The molecule has 0 saturated carbocycles. The van der Waals surface area contributed by atoms with Gasteiger partial charge in [0.2, 0.25) is 0 Å². The van der Waals surface area contributed by atoms with Gasteiger partial charge in [-0.3, -0.25) is 9.59 Å². The van der Waals surface area contributed by atoms with Crippen molar-refractivity contribution < 1.29 is 14.3 Å². The van der Waals surface area contributed by atoms with Crippen LogP contribution < -0.4 is 9.64 Å². The van der Waals surface area contributed by atoms with Gasteiger partial charge in [0.1, 0.15) is 5.75 Å². The van der Waals surface area contributed by atoms with E-state index in [1.807, 2.05) is 18.2 Å². The van der Waals surface area contributed by atoms with E-state index in [4.69, 9.17) is 4.74 Å². The summed E-state index contributed by atoms with van der Waals surface area (Å²) < 4.78 is 5.97. The molecule has 23 heavy (non-hydrogen) atoms. The molecule has 0 unspecified atom stereocenters. The van der Waals surface area contributed by atoms with Gasteiger partial charge in [0.15, 0.2) is 0 Å². The molecule has 1 saturated heterocycles. The average molecular weight is 390 g/mol. The number of ether oxygens (including phenoxy) is 1. The van der Waals surface area contributed by atoms with Gasteiger partial charge in [0.05, 0.1) is 22.2 Å². The second-order valence-electron chi connectivity index (χ2n) is 4.75. The van der Waals surface area contributed by atoms with E-state index in [1.54, 1.807) is 43.5 Å². The van der Waals surface area contributed by atoms with Crippen LogP contribution in [0.25, 0.3) is 6.08 Å². The number of methoxy groups -OCH3 is 1. The number of para-hydroxylation sites is 1. The number of thioether (sulfide) groups is 1. The molecular weight excluding hydrogens is 378 g/mol. The highest BCUT2D eigenvalue weighted by atomic mass is 79.9. The zero-order chi connectivity index (χ0) is 16.4. The van der Waals surface area contributed by atoms with E-state index in [0.717, 1.165) is 21.8 Å². The van der Waals surface area contributed by atoms with Crippen LogP contribution in [0.5, 0.6) is 5.75 Å². The summed E-state index contributed by atoms with van der Waals surface area (Å²) in [6.45, 7) is 0. The average Bonchev–Trinajstić information content (AvgIpc) is 2.82. The summed E-state index contributed by atoms with van der Waals surface area (Å²) in [5, 5.41) is -0.292. The zero-order valence-corrected chi connectivity index (χ0v) is 14.6. The molecule has 2 amide bonds.